The molecule has 1 aromatic carbocycles. The topological polar surface area (TPSA) is 36.0 Å². The lowest BCUT2D eigenvalue weighted by Gasteiger charge is -2.37. The van der Waals surface area contributed by atoms with Crippen LogP contribution in [0.1, 0.15) is 44.6 Å². The van der Waals surface area contributed by atoms with Gasteiger partial charge in [-0.3, -0.25) is 9.69 Å². The highest BCUT2D eigenvalue weighted by atomic mass is 19.1. The SMILES string of the molecule is CC(=O)N1CC[C@H]2[C@H]1CCCCCN2Cc1ccc(N2CCOCC2)c(F)c1. The smallest absolute Gasteiger partial charge is 0.219 e. The van der Waals surface area contributed by atoms with E-state index in [4.69, 9.17) is 4.74 Å². The molecular formula is C22H32FN3O2. The Kier molecular flexibility index (Phi) is 6.16. The van der Waals surface area contributed by atoms with Crippen LogP contribution in [0, 0.1) is 5.82 Å². The quantitative estimate of drug-likeness (QED) is 0.796. The highest BCUT2D eigenvalue weighted by Crippen LogP contribution is 2.31. The van der Waals surface area contributed by atoms with Crippen LogP contribution in [0.25, 0.3) is 0 Å². The van der Waals surface area contributed by atoms with Crippen molar-refractivity contribution < 1.29 is 13.9 Å². The Bertz CT molecular complexity index is 692. The molecule has 0 N–H and O–H groups in total. The number of fused-ring (bicyclic) bond motifs is 1. The van der Waals surface area contributed by atoms with Crippen LogP contribution in [0.2, 0.25) is 0 Å². The largest absolute Gasteiger partial charge is 0.378 e. The van der Waals surface area contributed by atoms with E-state index < -0.39 is 0 Å². The minimum absolute atomic E-state index is 0.139. The van der Waals surface area contributed by atoms with Gasteiger partial charge in [0.25, 0.3) is 0 Å². The lowest BCUT2D eigenvalue weighted by atomic mass is 9.96. The van der Waals surface area contributed by atoms with Crippen molar-refractivity contribution in [2.24, 2.45) is 0 Å². The fourth-order valence-electron chi connectivity index (χ4n) is 5.15. The third-order valence-corrected chi connectivity index (χ3v) is 6.58. The van der Waals surface area contributed by atoms with Gasteiger partial charge in [0.1, 0.15) is 5.82 Å². The van der Waals surface area contributed by atoms with Crippen LogP contribution in [0.4, 0.5) is 10.1 Å². The van der Waals surface area contributed by atoms with E-state index in [-0.39, 0.29) is 11.7 Å². The second-order valence-electron chi connectivity index (χ2n) is 8.34. The van der Waals surface area contributed by atoms with Crippen LogP contribution in [-0.4, -0.2) is 67.2 Å². The summed E-state index contributed by atoms with van der Waals surface area (Å²) in [5.41, 5.74) is 1.70. The average Bonchev–Trinajstić information content (AvgIpc) is 3.09. The number of likely N-dealkylation sites (tertiary alicyclic amines) is 2. The second kappa shape index (κ2) is 8.78. The van der Waals surface area contributed by atoms with Crippen molar-refractivity contribution in [3.05, 3.63) is 29.6 Å². The molecule has 3 aliphatic rings. The number of rotatable bonds is 3. The summed E-state index contributed by atoms with van der Waals surface area (Å²) in [6, 6.07) is 6.41. The van der Waals surface area contributed by atoms with Crippen LogP contribution in [0.3, 0.4) is 0 Å². The third kappa shape index (κ3) is 4.18. The highest BCUT2D eigenvalue weighted by molar-refractivity contribution is 5.74. The van der Waals surface area contributed by atoms with Gasteiger partial charge in [0, 0.05) is 45.2 Å². The minimum atomic E-state index is -0.139. The summed E-state index contributed by atoms with van der Waals surface area (Å²) < 4.78 is 20.2. The molecule has 0 aliphatic carbocycles. The summed E-state index contributed by atoms with van der Waals surface area (Å²) in [6.45, 7) is 7.12. The molecule has 4 rings (SSSR count). The lowest BCUT2D eigenvalue weighted by molar-refractivity contribution is -0.130. The van der Waals surface area contributed by atoms with Gasteiger partial charge in [-0.15, -0.1) is 0 Å². The highest BCUT2D eigenvalue weighted by Gasteiger charge is 2.39. The van der Waals surface area contributed by atoms with Crippen molar-refractivity contribution in [2.45, 2.75) is 57.7 Å². The number of anilines is 1. The number of nitrogens with zero attached hydrogens (tertiary/aromatic N) is 3. The number of halogens is 1. The molecule has 0 saturated carbocycles. The number of carbonyl (C=O) groups is 1. The zero-order valence-electron chi connectivity index (χ0n) is 16.9. The first-order valence-electron chi connectivity index (χ1n) is 10.8. The Labute approximate surface area is 167 Å². The molecule has 0 unspecified atom stereocenters. The van der Waals surface area contributed by atoms with Crippen molar-refractivity contribution in [3.8, 4) is 0 Å². The van der Waals surface area contributed by atoms with E-state index in [0.29, 0.717) is 31.0 Å². The molecule has 3 aliphatic heterocycles. The molecule has 3 fully saturated rings. The molecule has 3 heterocycles. The summed E-state index contributed by atoms with van der Waals surface area (Å²) >= 11 is 0. The summed E-state index contributed by atoms with van der Waals surface area (Å²) in [7, 11) is 0. The minimum Gasteiger partial charge on any atom is -0.378 e. The fraction of sp³-hybridized carbons (Fsp3) is 0.682. The maximum atomic E-state index is 14.8. The Morgan fingerprint density at radius 1 is 1.07 bits per heavy atom. The molecule has 1 aromatic rings. The van der Waals surface area contributed by atoms with Gasteiger partial charge in [-0.2, -0.15) is 0 Å². The molecule has 0 radical (unpaired) electrons. The molecule has 154 valence electrons. The van der Waals surface area contributed by atoms with E-state index in [1.165, 1.54) is 19.3 Å². The predicted molar refractivity (Wildman–Crippen MR) is 108 cm³/mol. The van der Waals surface area contributed by atoms with Gasteiger partial charge in [-0.05, 0) is 43.5 Å². The average molecular weight is 390 g/mol. The van der Waals surface area contributed by atoms with Crippen LogP contribution < -0.4 is 4.90 Å². The van der Waals surface area contributed by atoms with Crippen molar-refractivity contribution in [3.63, 3.8) is 0 Å². The zero-order valence-corrected chi connectivity index (χ0v) is 16.9. The number of ether oxygens (including phenoxy) is 1. The molecule has 1 amide bonds. The molecule has 2 atom stereocenters. The Morgan fingerprint density at radius 2 is 1.89 bits per heavy atom. The normalized spacial score (nSPS) is 26.6. The number of hydrogen-bond acceptors (Lipinski definition) is 4. The summed E-state index contributed by atoms with van der Waals surface area (Å²) in [5.74, 6) is 0.0497. The Balaban J connectivity index is 1.48. The van der Waals surface area contributed by atoms with E-state index in [9.17, 15) is 9.18 Å². The first-order chi connectivity index (χ1) is 13.6. The molecule has 0 bridgehead atoms. The van der Waals surface area contributed by atoms with E-state index >= 15 is 0 Å². The second-order valence-corrected chi connectivity index (χ2v) is 8.34. The number of benzene rings is 1. The first-order valence-corrected chi connectivity index (χ1v) is 10.8. The standard InChI is InChI=1S/C22H32FN3O2/c1-17(27)26-10-8-21-22(26)5-3-2-4-9-25(21)16-18-6-7-20(19(23)15-18)24-11-13-28-14-12-24/h6-7,15,21-22H,2-5,8-14,16H2,1H3/t21-,22+/m0/s1. The van der Waals surface area contributed by atoms with Crippen molar-refractivity contribution in [1.82, 2.24) is 9.80 Å². The number of hydrogen-bond donors (Lipinski definition) is 0. The molecule has 28 heavy (non-hydrogen) atoms. The zero-order chi connectivity index (χ0) is 19.5. The summed E-state index contributed by atoms with van der Waals surface area (Å²) in [4.78, 5) is 18.7. The van der Waals surface area contributed by atoms with E-state index in [1.807, 2.05) is 6.07 Å². The van der Waals surface area contributed by atoms with Crippen molar-refractivity contribution in [2.75, 3.05) is 44.3 Å². The van der Waals surface area contributed by atoms with Crippen LogP contribution in [0.15, 0.2) is 18.2 Å². The van der Waals surface area contributed by atoms with E-state index in [2.05, 4.69) is 20.8 Å². The molecule has 0 aromatic heterocycles. The van der Waals surface area contributed by atoms with Gasteiger partial charge in [-0.25, -0.2) is 4.39 Å². The van der Waals surface area contributed by atoms with Gasteiger partial charge < -0.3 is 14.5 Å². The first kappa shape index (κ1) is 19.6. The molecule has 6 heteroatoms. The maximum absolute atomic E-state index is 14.8. The summed E-state index contributed by atoms with van der Waals surface area (Å²) in [6.07, 6.45) is 5.69. The van der Waals surface area contributed by atoms with Crippen LogP contribution in [0.5, 0.6) is 0 Å². The van der Waals surface area contributed by atoms with Gasteiger partial charge in [0.2, 0.25) is 5.91 Å². The van der Waals surface area contributed by atoms with Gasteiger partial charge >= 0.3 is 0 Å². The van der Waals surface area contributed by atoms with E-state index in [1.54, 1.807) is 13.0 Å². The Morgan fingerprint density at radius 3 is 2.64 bits per heavy atom. The molecule has 3 saturated heterocycles. The Hall–Kier alpha value is -1.66. The van der Waals surface area contributed by atoms with Gasteiger partial charge in [0.15, 0.2) is 0 Å². The lowest BCUT2D eigenvalue weighted by Crippen LogP contribution is -2.47. The predicted octanol–water partition coefficient (Wildman–Crippen LogP) is 3.03. The fourth-order valence-corrected chi connectivity index (χ4v) is 5.15. The van der Waals surface area contributed by atoms with Crippen LogP contribution >= 0.6 is 0 Å². The molecule has 0 spiro atoms. The molecule has 5 nitrogen and oxygen atoms in total. The number of carbonyl (C=O) groups excluding carboxylic acids is 1. The van der Waals surface area contributed by atoms with E-state index in [0.717, 1.165) is 51.1 Å². The summed E-state index contributed by atoms with van der Waals surface area (Å²) in [5, 5.41) is 0. The number of amides is 1. The number of morpholine rings is 1. The van der Waals surface area contributed by atoms with Gasteiger partial charge in [-0.1, -0.05) is 18.9 Å². The van der Waals surface area contributed by atoms with Crippen molar-refractivity contribution >= 4 is 11.6 Å². The monoisotopic (exact) mass is 389 g/mol. The maximum Gasteiger partial charge on any atom is 0.219 e. The van der Waals surface area contributed by atoms with Crippen molar-refractivity contribution in [1.29, 1.82) is 0 Å². The van der Waals surface area contributed by atoms with Gasteiger partial charge in [0.05, 0.1) is 18.9 Å². The third-order valence-electron chi connectivity index (χ3n) is 6.58. The molecular weight excluding hydrogens is 357 g/mol. The van der Waals surface area contributed by atoms with Crippen LogP contribution in [-0.2, 0) is 16.1 Å².